The second-order valence-corrected chi connectivity index (χ2v) is 3.62. The highest BCUT2D eigenvalue weighted by atomic mass is 16.5. The summed E-state index contributed by atoms with van der Waals surface area (Å²) in [7, 11) is 1.98. The normalized spacial score (nSPS) is 18.7. The zero-order chi connectivity index (χ0) is 9.97. The first-order valence-corrected chi connectivity index (χ1v) is 4.99. The molecule has 1 fully saturated rings. The largest absolute Gasteiger partial charge is 0.381 e. The van der Waals surface area contributed by atoms with Gasteiger partial charge in [-0.1, -0.05) is 0 Å². The highest BCUT2D eigenvalue weighted by molar-refractivity contribution is 5.02. The summed E-state index contributed by atoms with van der Waals surface area (Å²) >= 11 is 0. The lowest BCUT2D eigenvalue weighted by Gasteiger charge is -2.21. The fourth-order valence-corrected chi connectivity index (χ4v) is 1.86. The van der Waals surface area contributed by atoms with E-state index in [1.165, 1.54) is 0 Å². The zero-order valence-electron chi connectivity index (χ0n) is 8.44. The van der Waals surface area contributed by atoms with Gasteiger partial charge < -0.3 is 15.0 Å². The predicted octanol–water partition coefficient (Wildman–Crippen LogP) is 0.168. The van der Waals surface area contributed by atoms with Crippen molar-refractivity contribution in [3.8, 4) is 0 Å². The molecule has 0 aliphatic carbocycles. The van der Waals surface area contributed by atoms with Gasteiger partial charge in [0, 0.05) is 26.2 Å². The highest BCUT2D eigenvalue weighted by Crippen LogP contribution is 2.24. The SMILES string of the molecule is Cn1c(CN)nnc1C1CCOCC1. The molecular formula is C9H16N4O. The third-order valence-electron chi connectivity index (χ3n) is 2.77. The monoisotopic (exact) mass is 196 g/mol. The Morgan fingerprint density at radius 1 is 1.43 bits per heavy atom. The minimum absolute atomic E-state index is 0.451. The standard InChI is InChI=1S/C9H16N4O/c1-13-8(6-10)11-12-9(13)7-2-4-14-5-3-7/h7H,2-6,10H2,1H3. The van der Waals surface area contributed by atoms with E-state index in [1.54, 1.807) is 0 Å². The van der Waals surface area contributed by atoms with Gasteiger partial charge in [-0.3, -0.25) is 0 Å². The molecule has 1 saturated heterocycles. The quantitative estimate of drug-likeness (QED) is 0.732. The van der Waals surface area contributed by atoms with Gasteiger partial charge in [0.2, 0.25) is 0 Å². The summed E-state index contributed by atoms with van der Waals surface area (Å²) in [4.78, 5) is 0. The zero-order valence-corrected chi connectivity index (χ0v) is 8.44. The molecule has 0 bridgehead atoms. The topological polar surface area (TPSA) is 66.0 Å². The fourth-order valence-electron chi connectivity index (χ4n) is 1.86. The summed E-state index contributed by atoms with van der Waals surface area (Å²) < 4.78 is 7.32. The number of nitrogens with two attached hydrogens (primary N) is 1. The minimum atomic E-state index is 0.451. The Balaban J connectivity index is 2.18. The van der Waals surface area contributed by atoms with Crippen LogP contribution in [0.15, 0.2) is 0 Å². The Bertz CT molecular complexity index is 304. The van der Waals surface area contributed by atoms with Crippen molar-refractivity contribution in [3.63, 3.8) is 0 Å². The molecule has 0 spiro atoms. The molecule has 0 amide bonds. The first kappa shape index (κ1) is 9.61. The summed E-state index contributed by atoms with van der Waals surface area (Å²) in [6.07, 6.45) is 2.08. The maximum Gasteiger partial charge on any atom is 0.146 e. The number of ether oxygens (including phenoxy) is 1. The molecule has 0 saturated carbocycles. The van der Waals surface area contributed by atoms with Gasteiger partial charge in [-0.05, 0) is 12.8 Å². The van der Waals surface area contributed by atoms with E-state index >= 15 is 0 Å². The lowest BCUT2D eigenvalue weighted by molar-refractivity contribution is 0.0829. The van der Waals surface area contributed by atoms with Crippen molar-refractivity contribution in [3.05, 3.63) is 11.6 Å². The first-order valence-electron chi connectivity index (χ1n) is 4.99. The van der Waals surface area contributed by atoms with E-state index in [2.05, 4.69) is 10.2 Å². The van der Waals surface area contributed by atoms with Crippen molar-refractivity contribution in [2.45, 2.75) is 25.3 Å². The summed E-state index contributed by atoms with van der Waals surface area (Å²) in [5.74, 6) is 2.39. The Morgan fingerprint density at radius 2 is 2.14 bits per heavy atom. The second-order valence-electron chi connectivity index (χ2n) is 3.62. The van der Waals surface area contributed by atoms with Crippen LogP contribution in [0.5, 0.6) is 0 Å². The van der Waals surface area contributed by atoms with Gasteiger partial charge >= 0.3 is 0 Å². The third kappa shape index (κ3) is 1.65. The Kier molecular flexibility index (Phi) is 2.79. The molecule has 1 aromatic rings. The van der Waals surface area contributed by atoms with Crippen LogP contribution in [-0.2, 0) is 18.3 Å². The van der Waals surface area contributed by atoms with Gasteiger partial charge in [-0.25, -0.2) is 0 Å². The van der Waals surface area contributed by atoms with Crippen molar-refractivity contribution >= 4 is 0 Å². The van der Waals surface area contributed by atoms with E-state index in [4.69, 9.17) is 10.5 Å². The van der Waals surface area contributed by atoms with E-state index in [0.29, 0.717) is 12.5 Å². The van der Waals surface area contributed by atoms with E-state index in [9.17, 15) is 0 Å². The van der Waals surface area contributed by atoms with E-state index in [0.717, 1.165) is 37.7 Å². The second kappa shape index (κ2) is 4.06. The maximum absolute atomic E-state index is 5.55. The average molecular weight is 196 g/mol. The van der Waals surface area contributed by atoms with E-state index in [1.807, 2.05) is 11.6 Å². The molecule has 2 heterocycles. The number of nitrogens with zero attached hydrogens (tertiary/aromatic N) is 3. The van der Waals surface area contributed by atoms with Gasteiger partial charge in [-0.15, -0.1) is 10.2 Å². The Hall–Kier alpha value is -0.940. The summed E-state index contributed by atoms with van der Waals surface area (Å²) in [6.45, 7) is 2.11. The van der Waals surface area contributed by atoms with Crippen LogP contribution < -0.4 is 5.73 Å². The molecule has 0 radical (unpaired) electrons. The molecule has 0 unspecified atom stereocenters. The first-order chi connectivity index (χ1) is 6.83. The van der Waals surface area contributed by atoms with Crippen molar-refractivity contribution in [2.75, 3.05) is 13.2 Å². The number of rotatable bonds is 2. The molecule has 0 aromatic carbocycles. The van der Waals surface area contributed by atoms with Crippen LogP contribution in [0.3, 0.4) is 0 Å². The van der Waals surface area contributed by atoms with Gasteiger partial charge in [0.25, 0.3) is 0 Å². The average Bonchev–Trinajstić information content (AvgIpc) is 2.61. The van der Waals surface area contributed by atoms with Crippen LogP contribution in [0, 0.1) is 0 Å². The Labute approximate surface area is 83.3 Å². The number of aromatic nitrogens is 3. The van der Waals surface area contributed by atoms with Crippen molar-refractivity contribution in [1.82, 2.24) is 14.8 Å². The van der Waals surface area contributed by atoms with Gasteiger partial charge in [-0.2, -0.15) is 0 Å². The third-order valence-corrected chi connectivity index (χ3v) is 2.77. The highest BCUT2D eigenvalue weighted by Gasteiger charge is 2.21. The molecule has 2 N–H and O–H groups in total. The molecular weight excluding hydrogens is 180 g/mol. The summed E-state index contributed by atoms with van der Waals surface area (Å²) in [5.41, 5.74) is 5.55. The van der Waals surface area contributed by atoms with E-state index < -0.39 is 0 Å². The molecule has 1 aliphatic heterocycles. The maximum atomic E-state index is 5.55. The fraction of sp³-hybridized carbons (Fsp3) is 0.778. The molecule has 1 aliphatic rings. The smallest absolute Gasteiger partial charge is 0.146 e. The molecule has 0 atom stereocenters. The molecule has 2 rings (SSSR count). The van der Waals surface area contributed by atoms with E-state index in [-0.39, 0.29) is 0 Å². The van der Waals surface area contributed by atoms with Crippen LogP contribution in [0.2, 0.25) is 0 Å². The molecule has 5 nitrogen and oxygen atoms in total. The van der Waals surface area contributed by atoms with Crippen LogP contribution in [0.4, 0.5) is 0 Å². The predicted molar refractivity (Wildman–Crippen MR) is 51.7 cm³/mol. The van der Waals surface area contributed by atoms with Crippen LogP contribution in [0.1, 0.15) is 30.4 Å². The van der Waals surface area contributed by atoms with Gasteiger partial charge in [0.05, 0.1) is 6.54 Å². The summed E-state index contributed by atoms with van der Waals surface area (Å²) in [5, 5.41) is 8.24. The summed E-state index contributed by atoms with van der Waals surface area (Å²) in [6, 6.07) is 0. The van der Waals surface area contributed by atoms with Crippen molar-refractivity contribution < 1.29 is 4.74 Å². The Morgan fingerprint density at radius 3 is 2.71 bits per heavy atom. The van der Waals surface area contributed by atoms with Crippen LogP contribution >= 0.6 is 0 Å². The minimum Gasteiger partial charge on any atom is -0.381 e. The van der Waals surface area contributed by atoms with Crippen LogP contribution in [0.25, 0.3) is 0 Å². The van der Waals surface area contributed by atoms with Gasteiger partial charge in [0.1, 0.15) is 11.6 Å². The van der Waals surface area contributed by atoms with Crippen molar-refractivity contribution in [2.24, 2.45) is 12.8 Å². The lowest BCUT2D eigenvalue weighted by atomic mass is 9.99. The number of hydrogen-bond donors (Lipinski definition) is 1. The number of hydrogen-bond acceptors (Lipinski definition) is 4. The lowest BCUT2D eigenvalue weighted by Crippen LogP contribution is -2.18. The molecule has 5 heteroatoms. The molecule has 14 heavy (non-hydrogen) atoms. The van der Waals surface area contributed by atoms with Crippen molar-refractivity contribution in [1.29, 1.82) is 0 Å². The van der Waals surface area contributed by atoms with Gasteiger partial charge in [0.15, 0.2) is 0 Å². The van der Waals surface area contributed by atoms with Crippen LogP contribution in [-0.4, -0.2) is 28.0 Å². The molecule has 78 valence electrons. The molecule has 1 aromatic heterocycles.